The van der Waals surface area contributed by atoms with Crippen molar-refractivity contribution >= 4 is 5.69 Å². The van der Waals surface area contributed by atoms with Gasteiger partial charge >= 0.3 is 6.18 Å². The van der Waals surface area contributed by atoms with Crippen LogP contribution in [-0.2, 0) is 6.18 Å². The molecule has 0 spiro atoms. The fourth-order valence-electron chi connectivity index (χ4n) is 2.22. The van der Waals surface area contributed by atoms with Crippen LogP contribution in [0.1, 0.15) is 18.4 Å². The smallest absolute Gasteiger partial charge is 0.416 e. The fraction of sp³-hybridized carbons (Fsp3) is 0.538. The molecule has 1 aromatic carbocycles. The van der Waals surface area contributed by atoms with Crippen molar-refractivity contribution in [1.29, 1.82) is 0 Å². The normalized spacial score (nSPS) is 17.6. The van der Waals surface area contributed by atoms with E-state index in [9.17, 15) is 18.3 Å². The van der Waals surface area contributed by atoms with Crippen molar-refractivity contribution in [3.63, 3.8) is 0 Å². The van der Waals surface area contributed by atoms with Crippen LogP contribution in [0, 0.1) is 0 Å². The molecule has 6 heteroatoms. The third-order valence-electron chi connectivity index (χ3n) is 3.31. The highest BCUT2D eigenvalue weighted by Crippen LogP contribution is 2.37. The second kappa shape index (κ2) is 5.28. The Bertz CT molecular complexity index is 440. The number of alkyl halides is 3. The Hall–Kier alpha value is -1.43. The molecule has 0 atom stereocenters. The Labute approximate surface area is 109 Å². The molecular formula is C13H16F3NO2. The Kier molecular flexibility index (Phi) is 3.89. The van der Waals surface area contributed by atoms with Crippen LogP contribution in [0.25, 0.3) is 0 Å². The van der Waals surface area contributed by atoms with Crippen molar-refractivity contribution in [2.45, 2.75) is 25.1 Å². The average molecular weight is 275 g/mol. The predicted molar refractivity (Wildman–Crippen MR) is 65.4 cm³/mol. The Morgan fingerprint density at radius 3 is 2.42 bits per heavy atom. The van der Waals surface area contributed by atoms with Gasteiger partial charge in [0, 0.05) is 13.1 Å². The number of hydrogen-bond donors (Lipinski definition) is 1. The third-order valence-corrected chi connectivity index (χ3v) is 3.31. The SMILES string of the molecule is COc1ccc(C(F)(F)F)cc1N1CCC(O)CC1. The lowest BCUT2D eigenvalue weighted by Gasteiger charge is -2.32. The van der Waals surface area contributed by atoms with Crippen molar-refractivity contribution in [3.05, 3.63) is 23.8 Å². The highest BCUT2D eigenvalue weighted by Gasteiger charge is 2.32. The van der Waals surface area contributed by atoms with E-state index in [0.717, 1.165) is 12.1 Å². The van der Waals surface area contributed by atoms with Crippen molar-refractivity contribution in [3.8, 4) is 5.75 Å². The van der Waals surface area contributed by atoms with E-state index in [2.05, 4.69) is 0 Å². The largest absolute Gasteiger partial charge is 0.495 e. The number of ether oxygens (including phenoxy) is 1. The molecule has 0 aromatic heterocycles. The Balaban J connectivity index is 2.31. The molecule has 0 saturated carbocycles. The zero-order valence-corrected chi connectivity index (χ0v) is 10.6. The Morgan fingerprint density at radius 2 is 1.89 bits per heavy atom. The number of rotatable bonds is 2. The number of nitrogens with zero attached hydrogens (tertiary/aromatic N) is 1. The van der Waals surface area contributed by atoms with E-state index in [4.69, 9.17) is 4.74 Å². The molecule has 0 amide bonds. The number of methoxy groups -OCH3 is 1. The van der Waals surface area contributed by atoms with Crippen molar-refractivity contribution in [2.24, 2.45) is 0 Å². The zero-order chi connectivity index (χ0) is 14.0. The van der Waals surface area contributed by atoms with E-state index < -0.39 is 11.7 Å². The zero-order valence-electron chi connectivity index (χ0n) is 10.6. The molecule has 1 aliphatic heterocycles. The summed E-state index contributed by atoms with van der Waals surface area (Å²) >= 11 is 0. The molecule has 2 rings (SSSR count). The number of hydrogen-bond acceptors (Lipinski definition) is 3. The molecule has 0 bridgehead atoms. The highest BCUT2D eigenvalue weighted by atomic mass is 19.4. The summed E-state index contributed by atoms with van der Waals surface area (Å²) in [6.45, 7) is 1.05. The Morgan fingerprint density at radius 1 is 1.26 bits per heavy atom. The summed E-state index contributed by atoms with van der Waals surface area (Å²) < 4.78 is 43.3. The standard InChI is InChI=1S/C13H16F3NO2/c1-19-12-3-2-9(13(14,15)16)8-11(12)17-6-4-10(18)5-7-17/h2-3,8,10,18H,4-7H2,1H3. The van der Waals surface area contributed by atoms with Gasteiger partial charge in [-0.05, 0) is 31.0 Å². The van der Waals surface area contributed by atoms with Crippen LogP contribution in [0.5, 0.6) is 5.75 Å². The van der Waals surface area contributed by atoms with Crippen LogP contribution in [0.2, 0.25) is 0 Å². The summed E-state index contributed by atoms with van der Waals surface area (Å²) in [6, 6.07) is 3.46. The van der Waals surface area contributed by atoms with E-state index in [1.165, 1.54) is 13.2 Å². The molecule has 1 aliphatic rings. The average Bonchev–Trinajstić information content (AvgIpc) is 2.38. The molecule has 0 aliphatic carbocycles. The van der Waals surface area contributed by atoms with Gasteiger partial charge < -0.3 is 14.7 Å². The van der Waals surface area contributed by atoms with Crippen molar-refractivity contribution in [1.82, 2.24) is 0 Å². The second-order valence-electron chi connectivity index (χ2n) is 4.60. The summed E-state index contributed by atoms with van der Waals surface area (Å²) in [5, 5.41) is 9.45. The van der Waals surface area contributed by atoms with E-state index in [0.29, 0.717) is 37.4 Å². The molecule has 3 nitrogen and oxygen atoms in total. The molecule has 1 fully saturated rings. The van der Waals surface area contributed by atoms with E-state index in [1.54, 1.807) is 0 Å². The summed E-state index contributed by atoms with van der Waals surface area (Å²) in [5.41, 5.74) is -0.251. The van der Waals surface area contributed by atoms with Gasteiger partial charge in [0.2, 0.25) is 0 Å². The first kappa shape index (κ1) is 14.0. The minimum atomic E-state index is -4.36. The molecule has 1 saturated heterocycles. The van der Waals surface area contributed by atoms with Gasteiger partial charge in [-0.2, -0.15) is 13.2 Å². The van der Waals surface area contributed by atoms with Crippen LogP contribution in [-0.4, -0.2) is 31.4 Å². The topological polar surface area (TPSA) is 32.7 Å². The molecular weight excluding hydrogens is 259 g/mol. The van der Waals surface area contributed by atoms with Gasteiger partial charge in [0.05, 0.1) is 24.5 Å². The van der Waals surface area contributed by atoms with Crippen LogP contribution in [0.15, 0.2) is 18.2 Å². The van der Waals surface area contributed by atoms with Crippen LogP contribution in [0.4, 0.5) is 18.9 Å². The van der Waals surface area contributed by atoms with Gasteiger partial charge in [-0.3, -0.25) is 0 Å². The van der Waals surface area contributed by atoms with Gasteiger partial charge in [0.15, 0.2) is 0 Å². The first-order valence-electron chi connectivity index (χ1n) is 6.10. The first-order chi connectivity index (χ1) is 8.91. The van der Waals surface area contributed by atoms with Gasteiger partial charge in [-0.15, -0.1) is 0 Å². The van der Waals surface area contributed by atoms with Crippen molar-refractivity contribution in [2.75, 3.05) is 25.1 Å². The van der Waals surface area contributed by atoms with Crippen LogP contribution < -0.4 is 9.64 Å². The number of aliphatic hydroxyl groups is 1. The van der Waals surface area contributed by atoms with Crippen LogP contribution >= 0.6 is 0 Å². The maximum atomic E-state index is 12.7. The summed E-state index contributed by atoms with van der Waals surface area (Å²) in [5.74, 6) is 0.421. The van der Waals surface area contributed by atoms with Crippen molar-refractivity contribution < 1.29 is 23.0 Å². The second-order valence-corrected chi connectivity index (χ2v) is 4.60. The quantitative estimate of drug-likeness (QED) is 0.900. The van der Waals surface area contributed by atoms with E-state index in [1.807, 2.05) is 4.90 Å². The number of anilines is 1. The molecule has 19 heavy (non-hydrogen) atoms. The number of benzene rings is 1. The lowest BCUT2D eigenvalue weighted by molar-refractivity contribution is -0.137. The molecule has 1 aromatic rings. The number of halogens is 3. The molecule has 0 radical (unpaired) electrons. The minimum absolute atomic E-state index is 0.368. The van der Waals surface area contributed by atoms with Gasteiger partial charge in [-0.1, -0.05) is 0 Å². The maximum absolute atomic E-state index is 12.7. The molecule has 1 heterocycles. The van der Waals surface area contributed by atoms with Gasteiger partial charge in [0.25, 0.3) is 0 Å². The van der Waals surface area contributed by atoms with E-state index in [-0.39, 0.29) is 6.10 Å². The fourth-order valence-corrected chi connectivity index (χ4v) is 2.22. The van der Waals surface area contributed by atoms with Gasteiger partial charge in [0.1, 0.15) is 5.75 Å². The lowest BCUT2D eigenvalue weighted by Crippen LogP contribution is -2.36. The minimum Gasteiger partial charge on any atom is -0.495 e. The highest BCUT2D eigenvalue weighted by molar-refractivity contribution is 5.60. The number of aliphatic hydroxyl groups excluding tert-OH is 1. The summed E-state index contributed by atoms with van der Waals surface area (Å²) in [7, 11) is 1.44. The lowest BCUT2D eigenvalue weighted by atomic mass is 10.1. The number of piperidine rings is 1. The predicted octanol–water partition coefficient (Wildman–Crippen LogP) is 2.68. The molecule has 1 N–H and O–H groups in total. The monoisotopic (exact) mass is 275 g/mol. The van der Waals surface area contributed by atoms with E-state index >= 15 is 0 Å². The summed E-state index contributed by atoms with van der Waals surface area (Å²) in [6.07, 6.45) is -3.62. The maximum Gasteiger partial charge on any atom is 0.416 e. The summed E-state index contributed by atoms with van der Waals surface area (Å²) in [4.78, 5) is 1.82. The van der Waals surface area contributed by atoms with Crippen LogP contribution in [0.3, 0.4) is 0 Å². The van der Waals surface area contributed by atoms with Gasteiger partial charge in [-0.25, -0.2) is 0 Å². The first-order valence-corrected chi connectivity index (χ1v) is 6.10. The molecule has 106 valence electrons. The third kappa shape index (κ3) is 3.12. The molecule has 0 unspecified atom stereocenters.